The highest BCUT2D eigenvalue weighted by Gasteiger charge is 2.27. The van der Waals surface area contributed by atoms with Crippen LogP contribution < -0.4 is 5.73 Å². The van der Waals surface area contributed by atoms with Crippen LogP contribution in [0.1, 0.15) is 22.5 Å². The second kappa shape index (κ2) is 6.02. The molecule has 2 aromatic heterocycles. The van der Waals surface area contributed by atoms with Gasteiger partial charge in [0.2, 0.25) is 0 Å². The summed E-state index contributed by atoms with van der Waals surface area (Å²) in [6.07, 6.45) is -0.867. The van der Waals surface area contributed by atoms with E-state index in [1.54, 1.807) is 23.5 Å². The molecule has 0 saturated carbocycles. The van der Waals surface area contributed by atoms with Gasteiger partial charge in [0.05, 0.1) is 6.10 Å². The molecule has 2 heterocycles. The molecule has 0 bridgehead atoms. The Balaban J connectivity index is 2.01. The third-order valence-electron chi connectivity index (χ3n) is 3.46. The van der Waals surface area contributed by atoms with E-state index < -0.39 is 17.8 Å². The van der Waals surface area contributed by atoms with Gasteiger partial charge in [-0.05, 0) is 29.6 Å². The Morgan fingerprint density at radius 1 is 1.29 bits per heavy atom. The number of hydrogen-bond donors (Lipinski definition) is 2. The summed E-state index contributed by atoms with van der Waals surface area (Å²) in [5.41, 5.74) is 6.06. The summed E-state index contributed by atoms with van der Waals surface area (Å²) in [6.45, 7) is 0.118. The molecule has 3 rings (SSSR count). The topological polar surface area (TPSA) is 46.2 Å². The second-order valence-electron chi connectivity index (χ2n) is 4.72. The Kier molecular flexibility index (Phi) is 4.28. The maximum Gasteiger partial charge on any atom is 0.128 e. The van der Waals surface area contributed by atoms with Gasteiger partial charge in [0.25, 0.3) is 0 Å². The minimum atomic E-state index is -0.867. The molecule has 3 aromatic rings. The maximum atomic E-state index is 14.1. The lowest BCUT2D eigenvalue weighted by Crippen LogP contribution is -2.21. The molecule has 0 aliphatic heterocycles. The zero-order valence-corrected chi connectivity index (χ0v) is 13.3. The van der Waals surface area contributed by atoms with Crippen molar-refractivity contribution < 1.29 is 9.50 Å². The van der Waals surface area contributed by atoms with Crippen LogP contribution in [0.3, 0.4) is 0 Å². The molecule has 2 atom stereocenters. The lowest BCUT2D eigenvalue weighted by molar-refractivity contribution is 0.149. The molecule has 2 unspecified atom stereocenters. The molecule has 6 heteroatoms. The van der Waals surface area contributed by atoms with E-state index in [1.165, 1.54) is 17.4 Å². The fourth-order valence-electron chi connectivity index (χ4n) is 2.40. The number of aliphatic hydroxyl groups is 1. The predicted octanol–water partition coefficient (Wildman–Crippen LogP) is 4.53. The van der Waals surface area contributed by atoms with Crippen molar-refractivity contribution in [3.8, 4) is 0 Å². The summed E-state index contributed by atoms with van der Waals surface area (Å²) in [6, 6.07) is 8.44. The van der Waals surface area contributed by atoms with Crippen LogP contribution in [0, 0.1) is 5.82 Å². The number of halogens is 2. The van der Waals surface area contributed by atoms with Gasteiger partial charge in [-0.3, -0.25) is 0 Å². The lowest BCUT2D eigenvalue weighted by Gasteiger charge is -2.22. The van der Waals surface area contributed by atoms with Crippen LogP contribution in [0.2, 0.25) is 5.02 Å². The first-order chi connectivity index (χ1) is 10.1. The van der Waals surface area contributed by atoms with Crippen LogP contribution in [-0.4, -0.2) is 11.7 Å². The molecule has 0 aliphatic carbocycles. The van der Waals surface area contributed by atoms with Crippen LogP contribution in [0.25, 0.3) is 9.40 Å². The number of hydrogen-bond acceptors (Lipinski definition) is 4. The van der Waals surface area contributed by atoms with Gasteiger partial charge in [-0.15, -0.1) is 22.7 Å². The molecule has 0 fully saturated rings. The van der Waals surface area contributed by atoms with Gasteiger partial charge in [-0.1, -0.05) is 17.7 Å². The van der Waals surface area contributed by atoms with Crippen LogP contribution in [0.15, 0.2) is 35.7 Å². The largest absolute Gasteiger partial charge is 0.387 e. The number of aliphatic hydroxyl groups excluding tert-OH is 1. The van der Waals surface area contributed by atoms with Crippen molar-refractivity contribution in [1.29, 1.82) is 0 Å². The smallest absolute Gasteiger partial charge is 0.128 e. The van der Waals surface area contributed by atoms with Crippen LogP contribution in [-0.2, 0) is 0 Å². The molecule has 3 N–H and O–H groups in total. The van der Waals surface area contributed by atoms with Gasteiger partial charge in [0, 0.05) is 37.3 Å². The first-order valence-corrected chi connectivity index (χ1v) is 8.48. The van der Waals surface area contributed by atoms with Gasteiger partial charge in [-0.2, -0.15) is 0 Å². The number of benzene rings is 1. The van der Waals surface area contributed by atoms with Crippen molar-refractivity contribution in [2.45, 2.75) is 12.0 Å². The van der Waals surface area contributed by atoms with E-state index in [0.29, 0.717) is 5.02 Å². The SMILES string of the molecule is NCC(c1c(F)cccc1Cl)C(O)c1cc2sccc2s1. The maximum absolute atomic E-state index is 14.1. The number of rotatable bonds is 4. The van der Waals surface area contributed by atoms with Gasteiger partial charge >= 0.3 is 0 Å². The Bertz CT molecular complexity index is 721. The number of fused-ring (bicyclic) bond motifs is 1. The lowest BCUT2D eigenvalue weighted by atomic mass is 9.92. The van der Waals surface area contributed by atoms with E-state index in [2.05, 4.69) is 0 Å². The van der Waals surface area contributed by atoms with Crippen LogP contribution in [0.4, 0.5) is 4.39 Å². The van der Waals surface area contributed by atoms with Crippen molar-refractivity contribution in [3.05, 3.63) is 57.0 Å². The Labute approximate surface area is 134 Å². The normalized spacial score (nSPS) is 14.5. The summed E-state index contributed by atoms with van der Waals surface area (Å²) >= 11 is 9.21. The van der Waals surface area contributed by atoms with E-state index in [-0.39, 0.29) is 12.1 Å². The molecule has 0 radical (unpaired) electrons. The molecule has 0 spiro atoms. The standard InChI is InChI=1S/C15H13ClFNOS2/c16-9-2-1-3-10(17)14(9)8(7-18)15(19)13-6-12-11(21-13)4-5-20-12/h1-6,8,15,19H,7,18H2. The van der Waals surface area contributed by atoms with Gasteiger partial charge in [0.1, 0.15) is 5.82 Å². The van der Waals surface area contributed by atoms with E-state index in [4.69, 9.17) is 17.3 Å². The zero-order valence-electron chi connectivity index (χ0n) is 10.9. The van der Waals surface area contributed by atoms with Crippen molar-refractivity contribution in [1.82, 2.24) is 0 Å². The van der Waals surface area contributed by atoms with Crippen molar-refractivity contribution in [2.24, 2.45) is 5.73 Å². The highest BCUT2D eigenvalue weighted by Crippen LogP contribution is 2.41. The van der Waals surface area contributed by atoms with E-state index in [0.717, 1.165) is 14.3 Å². The molecule has 0 aliphatic rings. The van der Waals surface area contributed by atoms with E-state index in [9.17, 15) is 9.50 Å². The van der Waals surface area contributed by atoms with Crippen molar-refractivity contribution >= 4 is 43.7 Å². The minimum absolute atomic E-state index is 0.118. The van der Waals surface area contributed by atoms with E-state index >= 15 is 0 Å². The third-order valence-corrected chi connectivity index (χ3v) is 5.95. The quantitative estimate of drug-likeness (QED) is 0.732. The minimum Gasteiger partial charge on any atom is -0.387 e. The fourth-order valence-corrected chi connectivity index (χ4v) is 4.87. The highest BCUT2D eigenvalue weighted by molar-refractivity contribution is 7.26. The summed E-state index contributed by atoms with van der Waals surface area (Å²) in [5.74, 6) is -0.998. The molecule has 110 valence electrons. The predicted molar refractivity (Wildman–Crippen MR) is 87.9 cm³/mol. The first-order valence-electron chi connectivity index (χ1n) is 6.40. The Hall–Kier alpha value is -0.980. The van der Waals surface area contributed by atoms with Gasteiger partial charge < -0.3 is 10.8 Å². The number of thiophene rings is 2. The molecular weight excluding hydrogens is 329 g/mol. The summed E-state index contributed by atoms with van der Waals surface area (Å²) in [7, 11) is 0. The Morgan fingerprint density at radius 3 is 2.76 bits per heavy atom. The first kappa shape index (κ1) is 14.9. The van der Waals surface area contributed by atoms with Crippen LogP contribution in [0.5, 0.6) is 0 Å². The monoisotopic (exact) mass is 341 g/mol. The second-order valence-corrected chi connectivity index (χ2v) is 7.19. The molecule has 0 amide bonds. The molecule has 0 saturated heterocycles. The van der Waals surface area contributed by atoms with Crippen molar-refractivity contribution in [3.63, 3.8) is 0 Å². The Morgan fingerprint density at radius 2 is 2.10 bits per heavy atom. The van der Waals surface area contributed by atoms with E-state index in [1.807, 2.05) is 17.5 Å². The van der Waals surface area contributed by atoms with Gasteiger partial charge in [-0.25, -0.2) is 4.39 Å². The molecule has 1 aromatic carbocycles. The average molecular weight is 342 g/mol. The fraction of sp³-hybridized carbons (Fsp3) is 0.200. The summed E-state index contributed by atoms with van der Waals surface area (Å²) in [5, 5.41) is 12.9. The summed E-state index contributed by atoms with van der Waals surface area (Å²) in [4.78, 5) is 0.784. The highest BCUT2D eigenvalue weighted by atomic mass is 35.5. The average Bonchev–Trinajstić information content (AvgIpc) is 3.03. The number of nitrogens with two attached hydrogens (primary N) is 1. The third kappa shape index (κ3) is 2.72. The molecular formula is C15H13ClFNOS2. The summed E-state index contributed by atoms with van der Waals surface area (Å²) < 4.78 is 16.3. The van der Waals surface area contributed by atoms with Crippen LogP contribution >= 0.6 is 34.3 Å². The van der Waals surface area contributed by atoms with Gasteiger partial charge in [0.15, 0.2) is 0 Å². The molecule has 21 heavy (non-hydrogen) atoms. The zero-order chi connectivity index (χ0) is 15.0. The van der Waals surface area contributed by atoms with Crippen molar-refractivity contribution in [2.75, 3.05) is 6.54 Å². The molecule has 2 nitrogen and oxygen atoms in total.